The summed E-state index contributed by atoms with van der Waals surface area (Å²) >= 11 is 0. The van der Waals surface area contributed by atoms with Crippen LogP contribution in [0.1, 0.15) is 25.8 Å². The molecule has 0 aliphatic carbocycles. The number of hydrogen-bond donors (Lipinski definition) is 0. The number of alkyl halides is 2. The van der Waals surface area contributed by atoms with Crippen molar-refractivity contribution in [3.8, 4) is 11.5 Å². The van der Waals surface area contributed by atoms with Crippen molar-refractivity contribution >= 4 is 12.0 Å². The fraction of sp³-hybridized carbons (Fsp3) is 0.500. The summed E-state index contributed by atoms with van der Waals surface area (Å²) in [6, 6.07) is 4.56. The van der Waals surface area contributed by atoms with Crippen LogP contribution in [-0.2, 0) is 4.79 Å². The van der Waals surface area contributed by atoms with Gasteiger partial charge in [0, 0.05) is 19.2 Å². The monoisotopic (exact) mass is 339 g/mol. The molecule has 0 bridgehead atoms. The summed E-state index contributed by atoms with van der Waals surface area (Å²) in [7, 11) is 1.38. The molecule has 1 amide bonds. The molecule has 0 spiro atoms. The smallest absolute Gasteiger partial charge is 0.387 e. The number of rotatable bonds is 5. The Morgan fingerprint density at radius 2 is 1.92 bits per heavy atom. The first kappa shape index (κ1) is 18.2. The molecule has 2 atom stereocenters. The third-order valence-electron chi connectivity index (χ3n) is 4.00. The molecule has 6 heteroatoms. The third-order valence-corrected chi connectivity index (χ3v) is 4.00. The van der Waals surface area contributed by atoms with E-state index in [4.69, 9.17) is 4.74 Å². The topological polar surface area (TPSA) is 38.8 Å². The van der Waals surface area contributed by atoms with Crippen LogP contribution in [0.5, 0.6) is 11.5 Å². The van der Waals surface area contributed by atoms with Gasteiger partial charge in [-0.2, -0.15) is 8.78 Å². The number of ether oxygens (including phenoxy) is 2. The summed E-state index contributed by atoms with van der Waals surface area (Å²) in [4.78, 5) is 14.2. The van der Waals surface area contributed by atoms with E-state index in [1.165, 1.54) is 19.3 Å². The van der Waals surface area contributed by atoms with Gasteiger partial charge in [-0.15, -0.1) is 0 Å². The van der Waals surface area contributed by atoms with Gasteiger partial charge in [0.1, 0.15) is 0 Å². The molecule has 132 valence electrons. The first-order valence-corrected chi connectivity index (χ1v) is 7.99. The lowest BCUT2D eigenvalue weighted by molar-refractivity contribution is -0.128. The molecule has 1 heterocycles. The van der Waals surface area contributed by atoms with Gasteiger partial charge in [-0.05, 0) is 42.0 Å². The summed E-state index contributed by atoms with van der Waals surface area (Å²) in [6.07, 6.45) is 4.30. The molecular formula is C18H23F2NO3. The number of carbonyl (C=O) groups excluding carboxylic acids is 1. The second-order valence-electron chi connectivity index (χ2n) is 6.31. The second-order valence-corrected chi connectivity index (χ2v) is 6.31. The molecule has 1 aliphatic rings. The lowest BCUT2D eigenvalue weighted by atomic mass is 9.92. The van der Waals surface area contributed by atoms with Gasteiger partial charge in [-0.3, -0.25) is 4.79 Å². The molecule has 1 aliphatic heterocycles. The molecule has 0 N–H and O–H groups in total. The fourth-order valence-corrected chi connectivity index (χ4v) is 3.10. The van der Waals surface area contributed by atoms with E-state index in [1.807, 2.05) is 4.90 Å². The predicted octanol–water partition coefficient (Wildman–Crippen LogP) is 3.81. The molecule has 24 heavy (non-hydrogen) atoms. The zero-order chi connectivity index (χ0) is 17.7. The van der Waals surface area contributed by atoms with E-state index in [0.29, 0.717) is 17.4 Å². The Morgan fingerprint density at radius 1 is 1.25 bits per heavy atom. The van der Waals surface area contributed by atoms with Gasteiger partial charge in [0.15, 0.2) is 11.5 Å². The van der Waals surface area contributed by atoms with Crippen LogP contribution >= 0.6 is 0 Å². The van der Waals surface area contributed by atoms with Crippen LogP contribution in [0.2, 0.25) is 0 Å². The Hall–Kier alpha value is -2.11. The number of amides is 1. The number of likely N-dealkylation sites (tertiary alicyclic amines) is 1. The fourth-order valence-electron chi connectivity index (χ4n) is 3.10. The summed E-state index contributed by atoms with van der Waals surface area (Å²) in [6.45, 7) is 2.90. The Bertz CT molecular complexity index is 594. The number of methoxy groups -OCH3 is 1. The zero-order valence-corrected chi connectivity index (χ0v) is 14.2. The van der Waals surface area contributed by atoms with Gasteiger partial charge in [-0.25, -0.2) is 0 Å². The lowest BCUT2D eigenvalue weighted by Crippen LogP contribution is -2.41. The van der Waals surface area contributed by atoms with Crippen molar-refractivity contribution in [3.63, 3.8) is 0 Å². The Labute approximate surface area is 141 Å². The zero-order valence-electron chi connectivity index (χ0n) is 14.2. The van der Waals surface area contributed by atoms with Gasteiger partial charge in [0.25, 0.3) is 0 Å². The summed E-state index contributed by atoms with van der Waals surface area (Å²) in [5.74, 6) is 1.12. The quantitative estimate of drug-likeness (QED) is 0.766. The molecular weight excluding hydrogens is 316 g/mol. The van der Waals surface area contributed by atoms with E-state index in [1.54, 1.807) is 18.2 Å². The third kappa shape index (κ3) is 4.94. The van der Waals surface area contributed by atoms with Crippen LogP contribution in [0.15, 0.2) is 24.3 Å². The van der Waals surface area contributed by atoms with Gasteiger partial charge < -0.3 is 14.4 Å². The van der Waals surface area contributed by atoms with Crippen molar-refractivity contribution in [1.29, 1.82) is 0 Å². The lowest BCUT2D eigenvalue weighted by Gasteiger charge is -2.34. The molecule has 2 unspecified atom stereocenters. The summed E-state index contributed by atoms with van der Waals surface area (Å²) < 4.78 is 34.1. The van der Waals surface area contributed by atoms with E-state index < -0.39 is 6.61 Å². The Kier molecular flexibility index (Phi) is 6.17. The number of benzene rings is 1. The van der Waals surface area contributed by atoms with Crippen LogP contribution in [0.25, 0.3) is 6.08 Å². The highest BCUT2D eigenvalue weighted by atomic mass is 19.3. The second kappa shape index (κ2) is 8.13. The minimum atomic E-state index is -2.91. The highest BCUT2D eigenvalue weighted by molar-refractivity contribution is 5.92. The van der Waals surface area contributed by atoms with Crippen molar-refractivity contribution < 1.29 is 23.0 Å². The first-order chi connectivity index (χ1) is 11.4. The maximum Gasteiger partial charge on any atom is 0.387 e. The Morgan fingerprint density at radius 3 is 2.50 bits per heavy atom. The van der Waals surface area contributed by atoms with Gasteiger partial charge in [0.2, 0.25) is 5.91 Å². The van der Waals surface area contributed by atoms with E-state index in [9.17, 15) is 13.6 Å². The Balaban J connectivity index is 2.06. The molecule has 4 nitrogen and oxygen atoms in total. The van der Waals surface area contributed by atoms with Crippen LogP contribution < -0.4 is 9.47 Å². The summed E-state index contributed by atoms with van der Waals surface area (Å²) in [5.41, 5.74) is 0.680. The van der Waals surface area contributed by atoms with Crippen molar-refractivity contribution in [3.05, 3.63) is 29.8 Å². The van der Waals surface area contributed by atoms with Crippen LogP contribution in [-0.4, -0.2) is 37.6 Å². The number of piperidine rings is 1. The largest absolute Gasteiger partial charge is 0.493 e. The molecule has 1 aromatic rings. The standard InChI is InChI=1S/C18H23F2NO3/c1-12-8-13(2)11-21(10-12)17(22)7-5-14-4-6-15(24-18(19)20)16(9-14)23-3/h4-7,9,12-13,18H,8,10-11H2,1-3H3/b7-5+. The number of nitrogens with zero attached hydrogens (tertiary/aromatic N) is 1. The van der Waals surface area contributed by atoms with Crippen molar-refractivity contribution in [2.75, 3.05) is 20.2 Å². The van der Waals surface area contributed by atoms with Gasteiger partial charge in [0.05, 0.1) is 7.11 Å². The van der Waals surface area contributed by atoms with Gasteiger partial charge >= 0.3 is 6.61 Å². The predicted molar refractivity (Wildman–Crippen MR) is 88.2 cm³/mol. The van der Waals surface area contributed by atoms with E-state index in [-0.39, 0.29) is 17.4 Å². The molecule has 0 saturated carbocycles. The number of halogens is 2. The molecule has 2 rings (SSSR count). The van der Waals surface area contributed by atoms with Gasteiger partial charge in [-0.1, -0.05) is 19.9 Å². The first-order valence-electron chi connectivity index (χ1n) is 7.99. The van der Waals surface area contributed by atoms with Crippen molar-refractivity contribution in [1.82, 2.24) is 4.90 Å². The van der Waals surface area contributed by atoms with Crippen molar-refractivity contribution in [2.45, 2.75) is 26.9 Å². The average molecular weight is 339 g/mol. The maximum atomic E-state index is 12.3. The minimum absolute atomic E-state index is 0.0327. The molecule has 1 fully saturated rings. The SMILES string of the molecule is COc1cc(/C=C/C(=O)N2CC(C)CC(C)C2)ccc1OC(F)F. The van der Waals surface area contributed by atoms with Crippen LogP contribution in [0.4, 0.5) is 8.78 Å². The molecule has 1 saturated heterocycles. The maximum absolute atomic E-state index is 12.3. The number of hydrogen-bond acceptors (Lipinski definition) is 3. The number of carbonyl (C=O) groups is 1. The van der Waals surface area contributed by atoms with E-state index in [2.05, 4.69) is 18.6 Å². The molecule has 1 aromatic carbocycles. The van der Waals surface area contributed by atoms with Crippen LogP contribution in [0, 0.1) is 11.8 Å². The van der Waals surface area contributed by atoms with Crippen LogP contribution in [0.3, 0.4) is 0 Å². The van der Waals surface area contributed by atoms with E-state index >= 15 is 0 Å². The normalized spacial score (nSPS) is 21.3. The molecule has 0 aromatic heterocycles. The molecule has 0 radical (unpaired) electrons. The highest BCUT2D eigenvalue weighted by Gasteiger charge is 2.24. The minimum Gasteiger partial charge on any atom is -0.493 e. The average Bonchev–Trinajstić information content (AvgIpc) is 2.52. The summed E-state index contributed by atoms with van der Waals surface area (Å²) in [5, 5.41) is 0. The highest BCUT2D eigenvalue weighted by Crippen LogP contribution is 2.30. The van der Waals surface area contributed by atoms with Crippen molar-refractivity contribution in [2.24, 2.45) is 11.8 Å². The van der Waals surface area contributed by atoms with E-state index in [0.717, 1.165) is 19.5 Å².